The maximum atomic E-state index is 14.4. The minimum atomic E-state index is -1.13. The number of para-hydroxylation sites is 1. The lowest BCUT2D eigenvalue weighted by molar-refractivity contribution is -0.159. The minimum Gasteiger partial charge on any atom is -0.347 e. The summed E-state index contributed by atoms with van der Waals surface area (Å²) < 4.78 is 11.1. The van der Waals surface area contributed by atoms with Crippen molar-refractivity contribution >= 4 is 29.6 Å². The topological polar surface area (TPSA) is 121 Å². The molecule has 5 aliphatic rings. The van der Waals surface area contributed by atoms with Crippen LogP contribution in [0, 0.1) is 23.2 Å². The molecule has 2 bridgehead atoms. The predicted octanol–water partition coefficient (Wildman–Crippen LogP) is 3.36. The van der Waals surface area contributed by atoms with E-state index in [-0.39, 0.29) is 29.5 Å². The third kappa shape index (κ3) is 3.54. The highest BCUT2D eigenvalue weighted by Gasteiger charge is 2.68. The Bertz CT molecular complexity index is 1640. The SMILES string of the molecule is CC1(CC(=O)N/N=C\C23c4ccccc4C(c4ccccc42)[C@@H]2C(=O)N(c4ccccc4C#N)C(=O)[C@@H]23)OCCO1. The molecule has 2 saturated heterocycles. The number of imide groups is 1. The second-order valence-electron chi connectivity index (χ2n) is 11.0. The van der Waals surface area contributed by atoms with Gasteiger partial charge in [0.15, 0.2) is 5.79 Å². The number of benzene rings is 3. The normalized spacial score (nSPS) is 26.9. The van der Waals surface area contributed by atoms with Gasteiger partial charge in [-0.2, -0.15) is 10.4 Å². The molecule has 0 spiro atoms. The lowest BCUT2D eigenvalue weighted by Gasteiger charge is -2.52. The van der Waals surface area contributed by atoms with Crippen LogP contribution in [-0.2, 0) is 29.3 Å². The maximum Gasteiger partial charge on any atom is 0.245 e. The van der Waals surface area contributed by atoms with Gasteiger partial charge in [-0.15, -0.1) is 0 Å². The van der Waals surface area contributed by atoms with Crippen molar-refractivity contribution in [1.82, 2.24) is 5.43 Å². The van der Waals surface area contributed by atoms with Crippen molar-refractivity contribution in [3.8, 4) is 6.07 Å². The molecule has 3 aliphatic carbocycles. The van der Waals surface area contributed by atoms with Crippen LogP contribution in [0.5, 0.6) is 0 Å². The van der Waals surface area contributed by atoms with E-state index >= 15 is 0 Å². The van der Waals surface area contributed by atoms with Gasteiger partial charge in [0, 0.05) is 12.1 Å². The quantitative estimate of drug-likeness (QED) is 0.298. The number of hydrogen-bond donors (Lipinski definition) is 1. The molecular weight excluding hydrogens is 520 g/mol. The van der Waals surface area contributed by atoms with Gasteiger partial charge in [0.25, 0.3) is 0 Å². The molecule has 0 radical (unpaired) electrons. The number of ether oxygens (including phenoxy) is 2. The Balaban J connectivity index is 1.37. The van der Waals surface area contributed by atoms with E-state index in [2.05, 4.69) is 16.6 Å². The molecule has 2 fully saturated rings. The van der Waals surface area contributed by atoms with Crippen LogP contribution < -0.4 is 10.3 Å². The van der Waals surface area contributed by atoms with Crippen LogP contribution >= 0.6 is 0 Å². The number of hydrogen-bond acceptors (Lipinski definition) is 7. The number of carbonyl (C=O) groups excluding carboxylic acids is 3. The van der Waals surface area contributed by atoms with Crippen LogP contribution in [0.4, 0.5) is 5.69 Å². The number of rotatable bonds is 5. The summed E-state index contributed by atoms with van der Waals surface area (Å²) >= 11 is 0. The van der Waals surface area contributed by atoms with E-state index in [0.717, 1.165) is 22.3 Å². The minimum absolute atomic E-state index is 0.0468. The summed E-state index contributed by atoms with van der Waals surface area (Å²) in [5, 5.41) is 14.2. The molecule has 9 heteroatoms. The van der Waals surface area contributed by atoms with Gasteiger partial charge in [-0.05, 0) is 41.3 Å². The summed E-state index contributed by atoms with van der Waals surface area (Å²) in [5.74, 6) is -4.03. The van der Waals surface area contributed by atoms with Crippen molar-refractivity contribution in [2.24, 2.45) is 16.9 Å². The monoisotopic (exact) mass is 546 g/mol. The van der Waals surface area contributed by atoms with Gasteiger partial charge in [-0.25, -0.2) is 10.3 Å². The number of nitriles is 1. The molecule has 8 rings (SSSR count). The third-order valence-corrected chi connectivity index (χ3v) is 8.79. The molecule has 9 nitrogen and oxygen atoms in total. The number of amides is 3. The summed E-state index contributed by atoms with van der Waals surface area (Å²) in [4.78, 5) is 42.7. The van der Waals surface area contributed by atoms with E-state index in [1.54, 1.807) is 37.4 Å². The van der Waals surface area contributed by atoms with Crippen LogP contribution in [0.2, 0.25) is 0 Å². The molecule has 1 N–H and O–H groups in total. The van der Waals surface area contributed by atoms with Gasteiger partial charge >= 0.3 is 0 Å². The Morgan fingerprint density at radius 3 is 2.27 bits per heavy atom. The summed E-state index contributed by atoms with van der Waals surface area (Å²) in [5.41, 5.74) is 5.63. The number of nitrogens with zero attached hydrogens (tertiary/aromatic N) is 3. The van der Waals surface area contributed by atoms with E-state index in [1.165, 1.54) is 4.90 Å². The maximum absolute atomic E-state index is 14.4. The molecule has 0 aromatic heterocycles. The van der Waals surface area contributed by atoms with Gasteiger partial charge in [0.2, 0.25) is 17.7 Å². The van der Waals surface area contributed by atoms with Gasteiger partial charge in [0.05, 0.1) is 48.1 Å². The van der Waals surface area contributed by atoms with Crippen molar-refractivity contribution in [1.29, 1.82) is 5.26 Å². The van der Waals surface area contributed by atoms with Gasteiger partial charge in [0.1, 0.15) is 6.07 Å². The van der Waals surface area contributed by atoms with Crippen molar-refractivity contribution in [2.45, 2.75) is 30.5 Å². The van der Waals surface area contributed by atoms with E-state index in [1.807, 2.05) is 48.5 Å². The largest absolute Gasteiger partial charge is 0.347 e. The van der Waals surface area contributed by atoms with E-state index < -0.39 is 34.9 Å². The summed E-state index contributed by atoms with van der Waals surface area (Å²) in [7, 11) is 0. The summed E-state index contributed by atoms with van der Waals surface area (Å²) in [6.45, 7) is 2.53. The molecule has 2 aliphatic heterocycles. The van der Waals surface area contributed by atoms with Gasteiger partial charge in [-0.1, -0.05) is 60.7 Å². The molecule has 3 amide bonds. The first-order valence-electron chi connectivity index (χ1n) is 13.6. The van der Waals surface area contributed by atoms with Crippen molar-refractivity contribution < 1.29 is 23.9 Å². The Labute approximate surface area is 236 Å². The number of anilines is 1. The average Bonchev–Trinajstić information content (AvgIpc) is 3.53. The smallest absolute Gasteiger partial charge is 0.245 e. The average molecular weight is 547 g/mol. The molecule has 3 aromatic rings. The third-order valence-electron chi connectivity index (χ3n) is 8.79. The zero-order valence-corrected chi connectivity index (χ0v) is 22.2. The van der Waals surface area contributed by atoms with E-state index in [4.69, 9.17) is 9.47 Å². The van der Waals surface area contributed by atoms with Crippen molar-refractivity contribution in [3.05, 3.63) is 101 Å². The van der Waals surface area contributed by atoms with Crippen LogP contribution in [0.25, 0.3) is 0 Å². The number of nitrogens with one attached hydrogen (secondary N) is 1. The predicted molar refractivity (Wildman–Crippen MR) is 148 cm³/mol. The second-order valence-corrected chi connectivity index (χ2v) is 11.0. The van der Waals surface area contributed by atoms with Gasteiger partial charge in [-0.3, -0.25) is 14.4 Å². The van der Waals surface area contributed by atoms with Gasteiger partial charge < -0.3 is 9.47 Å². The second kappa shape index (κ2) is 9.20. The molecule has 41 heavy (non-hydrogen) atoms. The summed E-state index contributed by atoms with van der Waals surface area (Å²) in [6, 6.07) is 24.3. The molecule has 2 heterocycles. The van der Waals surface area contributed by atoms with E-state index in [0.29, 0.717) is 13.2 Å². The lowest BCUT2D eigenvalue weighted by atomic mass is 9.47. The van der Waals surface area contributed by atoms with Crippen LogP contribution in [0.1, 0.15) is 47.1 Å². The first kappa shape index (κ1) is 25.3. The fraction of sp³-hybridized carbons (Fsp3) is 0.281. The van der Waals surface area contributed by atoms with Crippen molar-refractivity contribution in [3.63, 3.8) is 0 Å². The Kier molecular flexibility index (Phi) is 5.68. The highest BCUT2D eigenvalue weighted by molar-refractivity contribution is 6.25. The fourth-order valence-corrected chi connectivity index (χ4v) is 7.25. The van der Waals surface area contributed by atoms with Crippen LogP contribution in [-0.4, -0.2) is 42.9 Å². The molecule has 3 aromatic carbocycles. The zero-order valence-electron chi connectivity index (χ0n) is 22.2. The lowest BCUT2D eigenvalue weighted by Crippen LogP contribution is -2.54. The van der Waals surface area contributed by atoms with Crippen LogP contribution in [0.3, 0.4) is 0 Å². The Morgan fingerprint density at radius 2 is 1.61 bits per heavy atom. The molecular formula is C32H26N4O5. The molecule has 2 atom stereocenters. The molecule has 0 unspecified atom stereocenters. The molecule has 0 saturated carbocycles. The first-order chi connectivity index (χ1) is 19.9. The highest BCUT2D eigenvalue weighted by atomic mass is 16.7. The summed E-state index contributed by atoms with van der Waals surface area (Å²) in [6.07, 6.45) is 1.56. The first-order valence-corrected chi connectivity index (χ1v) is 13.6. The van der Waals surface area contributed by atoms with Crippen LogP contribution in [0.15, 0.2) is 77.9 Å². The van der Waals surface area contributed by atoms with Crippen molar-refractivity contribution in [2.75, 3.05) is 18.1 Å². The number of carbonyl (C=O) groups is 3. The molecule has 204 valence electrons. The standard InChI is InChI=1S/C32H26N4O5/c1-31(40-14-15-41-31)16-25(37)35-34-18-32-22-11-5-3-9-20(22)26(21-10-4-6-12-23(21)32)27-28(32)30(39)36(29(27)38)24-13-7-2-8-19(24)17-33/h2-13,18,26-28H,14-16H2,1H3,(H,35,37)/b34-18-/t26?,27-,28+,32?/m0/s1. The highest BCUT2D eigenvalue weighted by Crippen LogP contribution is 2.63. The zero-order chi connectivity index (χ0) is 28.4. The fourth-order valence-electron chi connectivity index (χ4n) is 7.25. The number of hydrazone groups is 1. The Morgan fingerprint density at radius 1 is 1.00 bits per heavy atom. The Hall–Kier alpha value is -4.65. The van der Waals surface area contributed by atoms with E-state index in [9.17, 15) is 19.6 Å².